The van der Waals surface area contributed by atoms with E-state index in [0.717, 1.165) is 24.5 Å². The topological polar surface area (TPSA) is 24.9 Å². The molecule has 88 valence electrons. The number of benzene rings is 1. The first kappa shape index (κ1) is 10.9. The molecule has 1 aliphatic heterocycles. The maximum Gasteiger partial charge on any atom is 0.0896 e. The Labute approximate surface area is 106 Å². The van der Waals surface area contributed by atoms with Crippen LogP contribution in [-0.2, 0) is 11.8 Å². The Morgan fingerprint density at radius 1 is 1.29 bits per heavy atom. The van der Waals surface area contributed by atoms with Crippen molar-refractivity contribution < 1.29 is 0 Å². The van der Waals surface area contributed by atoms with Crippen molar-refractivity contribution in [2.75, 3.05) is 13.1 Å². The molecule has 0 radical (unpaired) electrons. The third kappa shape index (κ3) is 2.01. The molecule has 0 spiro atoms. The number of hydrogen-bond donors (Lipinski definition) is 1. The second kappa shape index (κ2) is 4.24. The zero-order valence-corrected chi connectivity index (χ0v) is 10.8. The maximum absolute atomic E-state index is 4.35. The Balaban J connectivity index is 1.88. The van der Waals surface area contributed by atoms with Gasteiger partial charge >= 0.3 is 0 Å². The quantitative estimate of drug-likeness (QED) is 0.897. The van der Waals surface area contributed by atoms with Gasteiger partial charge in [-0.15, -0.1) is 11.3 Å². The van der Waals surface area contributed by atoms with Crippen molar-refractivity contribution in [2.24, 2.45) is 0 Å². The summed E-state index contributed by atoms with van der Waals surface area (Å²) in [6.07, 6.45) is 3.14. The summed E-state index contributed by atoms with van der Waals surface area (Å²) in [5, 5.41) is 4.57. The average molecular weight is 244 g/mol. The van der Waals surface area contributed by atoms with E-state index in [1.54, 1.807) is 0 Å². The van der Waals surface area contributed by atoms with Crippen molar-refractivity contribution in [3.8, 4) is 0 Å². The molecule has 0 bridgehead atoms. The highest BCUT2D eigenvalue weighted by atomic mass is 32.1. The monoisotopic (exact) mass is 244 g/mol. The van der Waals surface area contributed by atoms with Crippen molar-refractivity contribution in [1.82, 2.24) is 10.3 Å². The molecule has 0 saturated carbocycles. The minimum atomic E-state index is 0.292. The highest BCUT2D eigenvalue weighted by Gasteiger charge is 2.38. The van der Waals surface area contributed by atoms with Crippen molar-refractivity contribution in [3.05, 3.63) is 52.0 Å². The molecule has 3 heteroatoms. The first-order valence-corrected chi connectivity index (χ1v) is 6.78. The normalized spacial score (nSPS) is 17.7. The summed E-state index contributed by atoms with van der Waals surface area (Å²) in [6, 6.07) is 10.8. The molecule has 17 heavy (non-hydrogen) atoms. The second-order valence-corrected chi connectivity index (χ2v) is 6.09. The van der Waals surface area contributed by atoms with Crippen molar-refractivity contribution >= 4 is 11.3 Å². The van der Waals surface area contributed by atoms with Gasteiger partial charge in [-0.1, -0.05) is 30.3 Å². The van der Waals surface area contributed by atoms with Gasteiger partial charge in [-0.3, -0.25) is 0 Å². The van der Waals surface area contributed by atoms with Crippen LogP contribution in [0.3, 0.4) is 0 Å². The second-order valence-electron chi connectivity index (χ2n) is 4.77. The summed E-state index contributed by atoms with van der Waals surface area (Å²) in [6.45, 7) is 4.23. The zero-order chi connectivity index (χ0) is 11.7. The number of aromatic nitrogens is 1. The molecule has 0 aliphatic carbocycles. The lowest BCUT2D eigenvalue weighted by Crippen LogP contribution is -2.58. The van der Waals surface area contributed by atoms with E-state index in [9.17, 15) is 0 Å². The predicted molar refractivity (Wildman–Crippen MR) is 71.5 cm³/mol. The van der Waals surface area contributed by atoms with Gasteiger partial charge in [0.15, 0.2) is 0 Å². The van der Waals surface area contributed by atoms with E-state index < -0.39 is 0 Å². The third-order valence-electron chi connectivity index (χ3n) is 3.49. The van der Waals surface area contributed by atoms with E-state index in [-0.39, 0.29) is 0 Å². The van der Waals surface area contributed by atoms with Crippen molar-refractivity contribution in [2.45, 2.75) is 18.8 Å². The van der Waals surface area contributed by atoms with Crippen LogP contribution in [0.15, 0.2) is 36.5 Å². The van der Waals surface area contributed by atoms with E-state index in [1.165, 1.54) is 10.4 Å². The zero-order valence-electron chi connectivity index (χ0n) is 9.94. The van der Waals surface area contributed by atoms with Crippen LogP contribution in [0.1, 0.15) is 15.4 Å². The van der Waals surface area contributed by atoms with E-state index in [4.69, 9.17) is 0 Å². The van der Waals surface area contributed by atoms with Crippen molar-refractivity contribution in [1.29, 1.82) is 0 Å². The lowest BCUT2D eigenvalue weighted by molar-refractivity contribution is 0.276. The largest absolute Gasteiger partial charge is 0.315 e. The molecular weight excluding hydrogens is 228 g/mol. The molecule has 0 amide bonds. The van der Waals surface area contributed by atoms with Gasteiger partial charge < -0.3 is 5.32 Å². The first-order valence-electron chi connectivity index (χ1n) is 5.96. The average Bonchev–Trinajstić information content (AvgIpc) is 2.71. The molecule has 0 unspecified atom stereocenters. The van der Waals surface area contributed by atoms with Crippen LogP contribution >= 0.6 is 11.3 Å². The molecule has 1 aliphatic rings. The van der Waals surface area contributed by atoms with Crippen LogP contribution < -0.4 is 5.32 Å². The molecule has 2 aromatic rings. The highest BCUT2D eigenvalue weighted by molar-refractivity contribution is 7.11. The van der Waals surface area contributed by atoms with Gasteiger partial charge in [-0.25, -0.2) is 4.98 Å². The minimum absolute atomic E-state index is 0.292. The standard InChI is InChI=1S/C14H16N2S/c1-11-16-8-13(17-11)7-14(9-15-10-14)12-5-3-2-4-6-12/h2-6,8,15H,7,9-10H2,1H3. The van der Waals surface area contributed by atoms with Crippen LogP contribution in [0.2, 0.25) is 0 Å². The summed E-state index contributed by atoms with van der Waals surface area (Å²) in [5.74, 6) is 0. The Hall–Kier alpha value is -1.19. The molecule has 0 atom stereocenters. The summed E-state index contributed by atoms with van der Waals surface area (Å²) < 4.78 is 0. The molecule has 1 aromatic heterocycles. The lowest BCUT2D eigenvalue weighted by Gasteiger charge is -2.43. The summed E-state index contributed by atoms with van der Waals surface area (Å²) in [5.41, 5.74) is 1.74. The van der Waals surface area contributed by atoms with Gasteiger partial charge in [-0.05, 0) is 18.9 Å². The molecule has 1 aromatic carbocycles. The third-order valence-corrected chi connectivity index (χ3v) is 4.41. The fraction of sp³-hybridized carbons (Fsp3) is 0.357. The molecule has 1 N–H and O–H groups in total. The van der Waals surface area contributed by atoms with Crippen molar-refractivity contribution in [3.63, 3.8) is 0 Å². The first-order chi connectivity index (χ1) is 8.28. The Morgan fingerprint density at radius 3 is 2.59 bits per heavy atom. The van der Waals surface area contributed by atoms with Gasteiger partial charge in [0.1, 0.15) is 0 Å². The Morgan fingerprint density at radius 2 is 2.06 bits per heavy atom. The number of thiazole rings is 1. The molecule has 2 nitrogen and oxygen atoms in total. The molecule has 1 fully saturated rings. The van der Waals surface area contributed by atoms with Crippen LogP contribution in [0.4, 0.5) is 0 Å². The predicted octanol–water partition coefficient (Wildman–Crippen LogP) is 2.54. The Kier molecular flexibility index (Phi) is 2.73. The van der Waals surface area contributed by atoms with Gasteiger partial charge in [-0.2, -0.15) is 0 Å². The van der Waals surface area contributed by atoms with E-state index in [2.05, 4.69) is 47.6 Å². The SMILES string of the molecule is Cc1ncc(CC2(c3ccccc3)CNC2)s1. The van der Waals surface area contributed by atoms with Crippen LogP contribution in [-0.4, -0.2) is 18.1 Å². The van der Waals surface area contributed by atoms with E-state index in [1.807, 2.05) is 17.5 Å². The summed E-state index contributed by atoms with van der Waals surface area (Å²) in [7, 11) is 0. The number of rotatable bonds is 3. The summed E-state index contributed by atoms with van der Waals surface area (Å²) >= 11 is 1.82. The van der Waals surface area contributed by atoms with E-state index >= 15 is 0 Å². The smallest absolute Gasteiger partial charge is 0.0896 e. The maximum atomic E-state index is 4.35. The lowest BCUT2D eigenvalue weighted by atomic mass is 9.72. The van der Waals surface area contributed by atoms with Gasteiger partial charge in [0.25, 0.3) is 0 Å². The highest BCUT2D eigenvalue weighted by Crippen LogP contribution is 2.33. The van der Waals surface area contributed by atoms with Crippen LogP contribution in [0.5, 0.6) is 0 Å². The van der Waals surface area contributed by atoms with Crippen LogP contribution in [0.25, 0.3) is 0 Å². The molecule has 2 heterocycles. The van der Waals surface area contributed by atoms with Gasteiger partial charge in [0, 0.05) is 29.6 Å². The van der Waals surface area contributed by atoms with E-state index in [0.29, 0.717) is 5.41 Å². The van der Waals surface area contributed by atoms with Gasteiger partial charge in [0.2, 0.25) is 0 Å². The van der Waals surface area contributed by atoms with Crippen LogP contribution in [0, 0.1) is 6.92 Å². The number of aryl methyl sites for hydroxylation is 1. The minimum Gasteiger partial charge on any atom is -0.315 e. The number of nitrogens with one attached hydrogen (secondary N) is 1. The summed E-state index contributed by atoms with van der Waals surface area (Å²) in [4.78, 5) is 5.75. The fourth-order valence-electron chi connectivity index (χ4n) is 2.47. The van der Waals surface area contributed by atoms with Gasteiger partial charge in [0.05, 0.1) is 5.01 Å². The fourth-order valence-corrected chi connectivity index (χ4v) is 3.41. The number of nitrogens with zero attached hydrogens (tertiary/aromatic N) is 1. The molecule has 3 rings (SSSR count). The molecular formula is C14H16N2S. The molecule has 1 saturated heterocycles. The number of hydrogen-bond acceptors (Lipinski definition) is 3. The Bertz CT molecular complexity index is 500.